The molecule has 0 bridgehead atoms. The summed E-state index contributed by atoms with van der Waals surface area (Å²) in [6.45, 7) is 1.16. The maximum atomic E-state index is 13.0. The highest BCUT2D eigenvalue weighted by Gasteiger charge is 2.43. The lowest BCUT2D eigenvalue weighted by Crippen LogP contribution is -2.33. The van der Waals surface area contributed by atoms with E-state index in [-0.39, 0.29) is 5.57 Å². The number of furan rings is 1. The molecule has 7 heteroatoms. The first-order chi connectivity index (χ1) is 14.4. The predicted octanol–water partition coefficient (Wildman–Crippen LogP) is 3.22. The van der Waals surface area contributed by atoms with E-state index in [0.717, 1.165) is 6.54 Å². The molecule has 0 radical (unpaired) electrons. The summed E-state index contributed by atoms with van der Waals surface area (Å²) in [4.78, 5) is 29.5. The van der Waals surface area contributed by atoms with Gasteiger partial charge in [0, 0.05) is 12.1 Å². The molecule has 1 aromatic heterocycles. The van der Waals surface area contributed by atoms with E-state index in [1.807, 2.05) is 31.1 Å². The van der Waals surface area contributed by atoms with Crippen molar-refractivity contribution in [1.82, 2.24) is 9.80 Å². The Balaban J connectivity index is 1.98. The highest BCUT2D eigenvalue weighted by atomic mass is 16.5. The summed E-state index contributed by atoms with van der Waals surface area (Å²) >= 11 is 0. The van der Waals surface area contributed by atoms with Gasteiger partial charge in [0.15, 0.2) is 11.5 Å². The molecule has 1 unspecified atom stereocenters. The molecule has 0 saturated carbocycles. The number of ketones is 1. The van der Waals surface area contributed by atoms with Crippen molar-refractivity contribution in [2.75, 3.05) is 34.3 Å². The van der Waals surface area contributed by atoms with Crippen LogP contribution in [0.4, 0.5) is 0 Å². The van der Waals surface area contributed by atoms with E-state index < -0.39 is 23.5 Å². The Hall–Kier alpha value is -3.32. The molecule has 3 rings (SSSR count). The van der Waals surface area contributed by atoms with E-state index in [2.05, 4.69) is 0 Å². The standard InChI is InChI=1S/C23H26N2O5/c1-24(2)13-7-14-25-21(17-9-4-5-10-19(17)29-3)20(22(27)23(25)28)18(26)12-11-16-8-6-15-30-16/h4-6,8-12,15,21,27H,7,13-14H2,1-3H3/b12-11+. The Labute approximate surface area is 175 Å². The lowest BCUT2D eigenvalue weighted by atomic mass is 9.95. The largest absolute Gasteiger partial charge is 0.503 e. The molecule has 0 aliphatic carbocycles. The molecule has 2 aromatic rings. The molecular weight excluding hydrogens is 384 g/mol. The van der Waals surface area contributed by atoms with Crippen molar-refractivity contribution in [3.8, 4) is 5.75 Å². The molecule has 0 fully saturated rings. The zero-order valence-corrected chi connectivity index (χ0v) is 17.4. The van der Waals surface area contributed by atoms with Crippen LogP contribution in [-0.4, -0.2) is 60.9 Å². The third-order valence-corrected chi connectivity index (χ3v) is 4.95. The number of hydrogen-bond acceptors (Lipinski definition) is 6. The second-order valence-electron chi connectivity index (χ2n) is 7.28. The van der Waals surface area contributed by atoms with Gasteiger partial charge in [-0.1, -0.05) is 18.2 Å². The maximum Gasteiger partial charge on any atom is 0.290 e. The van der Waals surface area contributed by atoms with Gasteiger partial charge in [-0.05, 0) is 57.4 Å². The maximum absolute atomic E-state index is 13.0. The zero-order valence-electron chi connectivity index (χ0n) is 17.4. The van der Waals surface area contributed by atoms with Gasteiger partial charge in [-0.15, -0.1) is 0 Å². The Morgan fingerprint density at radius 2 is 2.03 bits per heavy atom. The number of allylic oxidation sites excluding steroid dienone is 1. The van der Waals surface area contributed by atoms with Gasteiger partial charge in [0.2, 0.25) is 0 Å². The average Bonchev–Trinajstić information content (AvgIpc) is 3.34. The Morgan fingerprint density at radius 1 is 1.27 bits per heavy atom. The first-order valence-corrected chi connectivity index (χ1v) is 9.71. The molecule has 1 amide bonds. The Kier molecular flexibility index (Phi) is 6.74. The summed E-state index contributed by atoms with van der Waals surface area (Å²) in [5, 5.41) is 10.6. The number of rotatable bonds is 9. The molecule has 1 aliphatic heterocycles. The quantitative estimate of drug-likeness (QED) is 0.639. The number of ether oxygens (including phenoxy) is 1. The first kappa shape index (κ1) is 21.4. The molecule has 1 atom stereocenters. The molecular formula is C23H26N2O5. The van der Waals surface area contributed by atoms with Gasteiger partial charge in [-0.2, -0.15) is 0 Å². The van der Waals surface area contributed by atoms with Crippen molar-refractivity contribution in [3.05, 3.63) is 71.4 Å². The molecule has 1 aromatic carbocycles. The average molecular weight is 410 g/mol. The smallest absolute Gasteiger partial charge is 0.290 e. The number of aliphatic hydroxyl groups excluding tert-OH is 1. The fourth-order valence-electron chi connectivity index (χ4n) is 3.54. The SMILES string of the molecule is COc1ccccc1C1C(C(=O)/C=C/c2ccco2)=C(O)C(=O)N1CCCN(C)C. The van der Waals surface area contributed by atoms with Crippen molar-refractivity contribution in [1.29, 1.82) is 0 Å². The fourth-order valence-corrected chi connectivity index (χ4v) is 3.54. The minimum Gasteiger partial charge on any atom is -0.503 e. The van der Waals surface area contributed by atoms with Crippen molar-refractivity contribution in [2.45, 2.75) is 12.5 Å². The number of amides is 1. The van der Waals surface area contributed by atoms with Gasteiger partial charge in [0.25, 0.3) is 5.91 Å². The highest BCUT2D eigenvalue weighted by Crippen LogP contribution is 2.41. The van der Waals surface area contributed by atoms with E-state index in [1.54, 1.807) is 24.3 Å². The normalized spacial score (nSPS) is 16.9. The van der Waals surface area contributed by atoms with Crippen molar-refractivity contribution in [2.24, 2.45) is 0 Å². The van der Waals surface area contributed by atoms with E-state index in [0.29, 0.717) is 30.0 Å². The molecule has 0 spiro atoms. The molecule has 30 heavy (non-hydrogen) atoms. The summed E-state index contributed by atoms with van der Waals surface area (Å²) in [5.74, 6) is -0.486. The second-order valence-corrected chi connectivity index (χ2v) is 7.28. The lowest BCUT2D eigenvalue weighted by Gasteiger charge is -2.28. The van der Waals surface area contributed by atoms with Crippen LogP contribution in [0.5, 0.6) is 5.75 Å². The molecule has 2 heterocycles. The van der Waals surface area contributed by atoms with Crippen LogP contribution in [0.1, 0.15) is 23.8 Å². The Bertz CT molecular complexity index is 960. The first-order valence-electron chi connectivity index (χ1n) is 9.71. The third kappa shape index (κ3) is 4.46. The van der Waals surface area contributed by atoms with E-state index in [9.17, 15) is 14.7 Å². The van der Waals surface area contributed by atoms with E-state index in [1.165, 1.54) is 30.4 Å². The van der Waals surface area contributed by atoms with Crippen molar-refractivity contribution < 1.29 is 23.8 Å². The van der Waals surface area contributed by atoms with Crippen LogP contribution >= 0.6 is 0 Å². The number of methoxy groups -OCH3 is 1. The summed E-state index contributed by atoms with van der Waals surface area (Å²) < 4.78 is 10.7. The zero-order chi connectivity index (χ0) is 21.7. The van der Waals surface area contributed by atoms with Gasteiger partial charge in [0.1, 0.15) is 11.5 Å². The summed E-state index contributed by atoms with van der Waals surface area (Å²) in [5.41, 5.74) is 0.689. The number of aliphatic hydroxyl groups is 1. The molecule has 0 saturated heterocycles. The van der Waals surface area contributed by atoms with Crippen LogP contribution in [0.3, 0.4) is 0 Å². The number of nitrogens with zero attached hydrogens (tertiary/aromatic N) is 2. The van der Waals surface area contributed by atoms with Crippen LogP contribution in [-0.2, 0) is 9.59 Å². The van der Waals surface area contributed by atoms with E-state index >= 15 is 0 Å². The topological polar surface area (TPSA) is 83.2 Å². The number of hydrogen-bond donors (Lipinski definition) is 1. The number of carbonyl (C=O) groups is 2. The number of para-hydroxylation sites is 1. The minimum absolute atomic E-state index is 0.0390. The Morgan fingerprint density at radius 3 is 2.70 bits per heavy atom. The van der Waals surface area contributed by atoms with Crippen LogP contribution in [0.25, 0.3) is 6.08 Å². The summed E-state index contributed by atoms with van der Waals surface area (Å²) in [7, 11) is 5.44. The monoisotopic (exact) mass is 410 g/mol. The van der Waals surface area contributed by atoms with E-state index in [4.69, 9.17) is 9.15 Å². The van der Waals surface area contributed by atoms with Crippen molar-refractivity contribution in [3.63, 3.8) is 0 Å². The lowest BCUT2D eigenvalue weighted by molar-refractivity contribution is -0.129. The van der Waals surface area contributed by atoms with Gasteiger partial charge in [0.05, 0.1) is 25.0 Å². The van der Waals surface area contributed by atoms with Crippen LogP contribution < -0.4 is 4.74 Å². The molecule has 1 N–H and O–H groups in total. The molecule has 7 nitrogen and oxygen atoms in total. The van der Waals surface area contributed by atoms with Gasteiger partial charge in [-0.25, -0.2) is 0 Å². The third-order valence-electron chi connectivity index (χ3n) is 4.95. The van der Waals surface area contributed by atoms with Crippen LogP contribution in [0.2, 0.25) is 0 Å². The second kappa shape index (κ2) is 9.45. The predicted molar refractivity (Wildman–Crippen MR) is 113 cm³/mol. The minimum atomic E-state index is -0.732. The summed E-state index contributed by atoms with van der Waals surface area (Å²) in [6, 6.07) is 9.90. The molecule has 158 valence electrons. The number of benzene rings is 1. The van der Waals surface area contributed by atoms with Gasteiger partial charge < -0.3 is 24.1 Å². The summed E-state index contributed by atoms with van der Waals surface area (Å²) in [6.07, 6.45) is 5.02. The van der Waals surface area contributed by atoms with Crippen LogP contribution in [0.15, 0.2) is 64.5 Å². The van der Waals surface area contributed by atoms with Crippen molar-refractivity contribution >= 4 is 17.8 Å². The van der Waals surface area contributed by atoms with Gasteiger partial charge in [-0.3, -0.25) is 9.59 Å². The number of carbonyl (C=O) groups excluding carboxylic acids is 2. The fraction of sp³-hybridized carbons (Fsp3) is 0.304. The van der Waals surface area contributed by atoms with Crippen LogP contribution in [0, 0.1) is 0 Å². The molecule has 1 aliphatic rings. The highest BCUT2D eigenvalue weighted by molar-refractivity contribution is 6.14. The van der Waals surface area contributed by atoms with Gasteiger partial charge >= 0.3 is 0 Å².